The molecule has 0 aromatic rings. The van der Waals surface area contributed by atoms with Crippen LogP contribution in [0.25, 0.3) is 0 Å². The van der Waals surface area contributed by atoms with Crippen LogP contribution in [0.5, 0.6) is 0 Å². The van der Waals surface area contributed by atoms with Crippen molar-refractivity contribution < 1.29 is 9.53 Å². The minimum atomic E-state index is -0.449. The lowest BCUT2D eigenvalue weighted by molar-refractivity contribution is -0.145. The fraction of sp³-hybridized carbons (Fsp3) is 0.909. The molecule has 0 heterocycles. The Hall–Kier alpha value is -0.180. The zero-order valence-corrected chi connectivity index (χ0v) is 11.0. The summed E-state index contributed by atoms with van der Waals surface area (Å²) in [5.74, 6) is -0.119. The van der Waals surface area contributed by atoms with Gasteiger partial charge in [-0.3, -0.25) is 4.79 Å². The third-order valence-electron chi connectivity index (χ3n) is 2.15. The van der Waals surface area contributed by atoms with Crippen LogP contribution in [0.2, 0.25) is 0 Å². The van der Waals surface area contributed by atoms with Crippen LogP contribution in [-0.4, -0.2) is 22.1 Å². The minimum absolute atomic E-state index is 0.119. The molecular weight excluding hydrogens is 196 g/mol. The topological polar surface area (TPSA) is 26.3 Å². The molecule has 0 aliphatic rings. The van der Waals surface area contributed by atoms with Gasteiger partial charge in [-0.25, -0.2) is 0 Å². The van der Waals surface area contributed by atoms with Crippen LogP contribution in [0.3, 0.4) is 0 Å². The van der Waals surface area contributed by atoms with Crippen LogP contribution < -0.4 is 0 Å². The Labute approximate surface area is 91.8 Å². The second-order valence-corrected chi connectivity index (χ2v) is 6.78. The van der Waals surface area contributed by atoms with Crippen molar-refractivity contribution in [2.45, 2.75) is 57.5 Å². The highest BCUT2D eigenvalue weighted by molar-refractivity contribution is 8.02. The van der Waals surface area contributed by atoms with E-state index in [4.69, 9.17) is 4.74 Å². The van der Waals surface area contributed by atoms with Gasteiger partial charge in [0.1, 0.15) is 4.75 Å². The third-order valence-corrected chi connectivity index (χ3v) is 3.67. The molecule has 0 radical (unpaired) electrons. The molecule has 0 aromatic carbocycles. The molecule has 0 N–H and O–H groups in total. The van der Waals surface area contributed by atoms with E-state index in [0.717, 1.165) is 6.42 Å². The van der Waals surface area contributed by atoms with Gasteiger partial charge in [-0.05, 0) is 27.2 Å². The SMILES string of the molecule is CCOC(=O)C(C)(C)SC(C)(C)CC. The number of thioether (sulfide) groups is 1. The predicted molar refractivity (Wildman–Crippen MR) is 62.7 cm³/mol. The summed E-state index contributed by atoms with van der Waals surface area (Å²) < 4.78 is 4.71. The molecule has 0 saturated carbocycles. The number of rotatable bonds is 5. The van der Waals surface area contributed by atoms with Crippen LogP contribution in [0.1, 0.15) is 48.0 Å². The van der Waals surface area contributed by atoms with Crippen molar-refractivity contribution in [3.63, 3.8) is 0 Å². The molecule has 0 fully saturated rings. The van der Waals surface area contributed by atoms with Crippen molar-refractivity contribution >= 4 is 17.7 Å². The van der Waals surface area contributed by atoms with Gasteiger partial charge >= 0.3 is 5.97 Å². The van der Waals surface area contributed by atoms with E-state index in [-0.39, 0.29) is 10.7 Å². The molecule has 0 unspecified atom stereocenters. The van der Waals surface area contributed by atoms with Gasteiger partial charge in [-0.15, -0.1) is 11.8 Å². The van der Waals surface area contributed by atoms with Gasteiger partial charge in [-0.1, -0.05) is 20.8 Å². The van der Waals surface area contributed by atoms with Crippen LogP contribution in [0, 0.1) is 0 Å². The highest BCUT2D eigenvalue weighted by atomic mass is 32.2. The Bertz CT molecular complexity index is 197. The van der Waals surface area contributed by atoms with Gasteiger partial charge in [0, 0.05) is 4.75 Å². The smallest absolute Gasteiger partial charge is 0.321 e. The maximum absolute atomic E-state index is 11.6. The fourth-order valence-corrected chi connectivity index (χ4v) is 2.78. The predicted octanol–water partition coefficient (Wildman–Crippen LogP) is 3.25. The van der Waals surface area contributed by atoms with Gasteiger partial charge in [0.15, 0.2) is 0 Å². The summed E-state index contributed by atoms with van der Waals surface area (Å²) in [7, 11) is 0. The van der Waals surface area contributed by atoms with E-state index in [1.807, 2.05) is 20.8 Å². The second-order valence-electron chi connectivity index (χ2n) is 4.45. The first kappa shape index (κ1) is 13.8. The Morgan fingerprint density at radius 3 is 2.07 bits per heavy atom. The second kappa shape index (κ2) is 5.06. The number of hydrogen-bond acceptors (Lipinski definition) is 3. The van der Waals surface area contributed by atoms with E-state index in [9.17, 15) is 4.79 Å². The molecule has 2 nitrogen and oxygen atoms in total. The van der Waals surface area contributed by atoms with E-state index < -0.39 is 4.75 Å². The van der Waals surface area contributed by atoms with Crippen LogP contribution >= 0.6 is 11.8 Å². The van der Waals surface area contributed by atoms with Gasteiger partial charge in [0.25, 0.3) is 0 Å². The molecule has 0 aliphatic heterocycles. The summed E-state index contributed by atoms with van der Waals surface area (Å²) in [6.45, 7) is 12.6. The first-order chi connectivity index (χ1) is 6.25. The monoisotopic (exact) mass is 218 g/mol. The molecule has 84 valence electrons. The van der Waals surface area contributed by atoms with Crippen molar-refractivity contribution in [1.29, 1.82) is 0 Å². The maximum atomic E-state index is 11.6. The van der Waals surface area contributed by atoms with Crippen LogP contribution in [0.15, 0.2) is 0 Å². The number of ether oxygens (including phenoxy) is 1. The molecule has 14 heavy (non-hydrogen) atoms. The Morgan fingerprint density at radius 2 is 1.71 bits per heavy atom. The molecule has 0 amide bonds. The first-order valence-electron chi connectivity index (χ1n) is 5.12. The number of esters is 1. The first-order valence-corrected chi connectivity index (χ1v) is 5.94. The van der Waals surface area contributed by atoms with Crippen molar-refractivity contribution in [1.82, 2.24) is 0 Å². The molecule has 3 heteroatoms. The van der Waals surface area contributed by atoms with E-state index in [1.54, 1.807) is 11.8 Å². The molecule has 0 saturated heterocycles. The standard InChI is InChI=1S/C11H22O2S/c1-7-10(3,4)14-11(5,6)9(12)13-8-2/h7-8H2,1-6H3. The van der Waals surface area contributed by atoms with Crippen molar-refractivity contribution in [3.8, 4) is 0 Å². The molecule has 0 bridgehead atoms. The van der Waals surface area contributed by atoms with Gasteiger partial charge in [0.05, 0.1) is 6.61 Å². The largest absolute Gasteiger partial charge is 0.465 e. The quantitative estimate of drug-likeness (QED) is 0.663. The minimum Gasteiger partial charge on any atom is -0.465 e. The normalized spacial score (nSPS) is 12.7. The average molecular weight is 218 g/mol. The van der Waals surface area contributed by atoms with Crippen molar-refractivity contribution in [3.05, 3.63) is 0 Å². The number of carbonyl (C=O) groups is 1. The molecule has 0 aliphatic carbocycles. The maximum Gasteiger partial charge on any atom is 0.321 e. The van der Waals surface area contributed by atoms with E-state index in [0.29, 0.717) is 6.61 Å². The lowest BCUT2D eigenvalue weighted by atomic mass is 10.1. The molecular formula is C11H22O2S. The van der Waals surface area contributed by atoms with Crippen LogP contribution in [-0.2, 0) is 9.53 Å². The van der Waals surface area contributed by atoms with Gasteiger partial charge in [0.2, 0.25) is 0 Å². The summed E-state index contributed by atoms with van der Waals surface area (Å²) in [4.78, 5) is 11.6. The zero-order chi connectivity index (χ0) is 11.4. The van der Waals surface area contributed by atoms with Crippen LogP contribution in [0.4, 0.5) is 0 Å². The zero-order valence-electron chi connectivity index (χ0n) is 10.1. The molecule has 0 aromatic heterocycles. The molecule has 0 spiro atoms. The van der Waals surface area contributed by atoms with Gasteiger partial charge < -0.3 is 4.74 Å². The average Bonchev–Trinajstić information content (AvgIpc) is 2.03. The molecule has 0 atom stereocenters. The van der Waals surface area contributed by atoms with E-state index in [2.05, 4.69) is 20.8 Å². The Balaban J connectivity index is 4.40. The highest BCUT2D eigenvalue weighted by Crippen LogP contribution is 2.39. The van der Waals surface area contributed by atoms with Crippen molar-refractivity contribution in [2.75, 3.05) is 6.61 Å². The summed E-state index contributed by atoms with van der Waals surface area (Å²) in [6, 6.07) is 0. The van der Waals surface area contributed by atoms with Crippen molar-refractivity contribution in [2.24, 2.45) is 0 Å². The lowest BCUT2D eigenvalue weighted by Crippen LogP contribution is -2.35. The van der Waals surface area contributed by atoms with E-state index in [1.165, 1.54) is 0 Å². The fourth-order valence-electron chi connectivity index (χ4n) is 1.11. The molecule has 0 rings (SSSR count). The lowest BCUT2D eigenvalue weighted by Gasteiger charge is -2.31. The third kappa shape index (κ3) is 4.36. The summed E-state index contributed by atoms with van der Waals surface area (Å²) >= 11 is 1.68. The Morgan fingerprint density at radius 1 is 1.21 bits per heavy atom. The highest BCUT2D eigenvalue weighted by Gasteiger charge is 2.35. The van der Waals surface area contributed by atoms with Gasteiger partial charge in [-0.2, -0.15) is 0 Å². The summed E-state index contributed by atoms with van der Waals surface area (Å²) in [6.07, 6.45) is 1.04. The summed E-state index contributed by atoms with van der Waals surface area (Å²) in [5, 5.41) is 0. The van der Waals surface area contributed by atoms with E-state index >= 15 is 0 Å². The summed E-state index contributed by atoms with van der Waals surface area (Å²) in [5.41, 5.74) is 0. The Kier molecular flexibility index (Phi) is 4.99. The number of carbonyl (C=O) groups excluding carboxylic acids is 1. The number of hydrogen-bond donors (Lipinski definition) is 0.